The van der Waals surface area contributed by atoms with Gasteiger partial charge in [-0.15, -0.1) is 0 Å². The van der Waals surface area contributed by atoms with Crippen LogP contribution in [0.1, 0.15) is 12.0 Å². The second kappa shape index (κ2) is 5.03. The molecule has 1 amide bonds. The Balaban J connectivity index is 2.08. The summed E-state index contributed by atoms with van der Waals surface area (Å²) in [6.07, 6.45) is -2.85. The molecule has 0 aromatic heterocycles. The van der Waals surface area contributed by atoms with E-state index >= 15 is 0 Å². The molecule has 2 nitrogen and oxygen atoms in total. The van der Waals surface area contributed by atoms with Crippen LogP contribution in [-0.4, -0.2) is 30.1 Å². The molecule has 0 saturated carbocycles. The van der Waals surface area contributed by atoms with Crippen molar-refractivity contribution in [1.29, 1.82) is 0 Å². The van der Waals surface area contributed by atoms with Crippen molar-refractivity contribution in [2.45, 2.75) is 12.6 Å². The quantitative estimate of drug-likeness (QED) is 0.720. The zero-order valence-electron chi connectivity index (χ0n) is 9.88. The standard InChI is InChI=1S/C13H11F4NO/c14-11-3-1-2-9(7-11)6-10-4-5-18(8-10)12(19)13(15,16)17/h1-3,6-7H,4-5,8H2/b10-6-. The molecule has 0 unspecified atom stereocenters. The minimum Gasteiger partial charge on any atom is -0.331 e. The van der Waals surface area contributed by atoms with Crippen LogP contribution in [0.3, 0.4) is 0 Å². The van der Waals surface area contributed by atoms with Crippen LogP contribution in [0.5, 0.6) is 0 Å². The van der Waals surface area contributed by atoms with Crippen LogP contribution < -0.4 is 0 Å². The largest absolute Gasteiger partial charge is 0.471 e. The number of likely N-dealkylation sites (tertiary alicyclic amines) is 1. The predicted molar refractivity (Wildman–Crippen MR) is 61.6 cm³/mol. The Morgan fingerprint density at radius 3 is 2.68 bits per heavy atom. The first-order valence-electron chi connectivity index (χ1n) is 5.67. The van der Waals surface area contributed by atoms with Crippen molar-refractivity contribution >= 4 is 12.0 Å². The van der Waals surface area contributed by atoms with Gasteiger partial charge in [-0.1, -0.05) is 18.2 Å². The molecule has 1 aliphatic rings. The molecule has 0 atom stereocenters. The summed E-state index contributed by atoms with van der Waals surface area (Å²) in [4.78, 5) is 11.8. The molecule has 1 aromatic rings. The molecule has 0 N–H and O–H groups in total. The number of nitrogens with zero attached hydrogens (tertiary/aromatic N) is 1. The highest BCUT2D eigenvalue weighted by Crippen LogP contribution is 2.25. The molecular formula is C13H11F4NO. The van der Waals surface area contributed by atoms with E-state index in [4.69, 9.17) is 0 Å². The van der Waals surface area contributed by atoms with Crippen molar-refractivity contribution in [3.63, 3.8) is 0 Å². The summed E-state index contributed by atoms with van der Waals surface area (Å²) < 4.78 is 49.7. The minimum atomic E-state index is -4.84. The number of benzene rings is 1. The second-order valence-electron chi connectivity index (χ2n) is 4.33. The molecule has 0 spiro atoms. The minimum absolute atomic E-state index is 0.0412. The number of hydrogen-bond acceptors (Lipinski definition) is 1. The van der Waals surface area contributed by atoms with Crippen molar-refractivity contribution < 1.29 is 22.4 Å². The molecule has 1 heterocycles. The van der Waals surface area contributed by atoms with Gasteiger partial charge in [0.15, 0.2) is 0 Å². The van der Waals surface area contributed by atoms with Crippen molar-refractivity contribution in [3.05, 3.63) is 41.2 Å². The van der Waals surface area contributed by atoms with Crippen LogP contribution in [0.4, 0.5) is 17.6 Å². The van der Waals surface area contributed by atoms with Gasteiger partial charge in [0, 0.05) is 13.1 Å². The third kappa shape index (κ3) is 3.33. The maximum atomic E-state index is 13.0. The van der Waals surface area contributed by atoms with Gasteiger partial charge in [0.05, 0.1) is 0 Å². The fourth-order valence-electron chi connectivity index (χ4n) is 1.98. The average Bonchev–Trinajstić information content (AvgIpc) is 2.75. The Hall–Kier alpha value is -1.85. The molecule has 6 heteroatoms. The number of hydrogen-bond donors (Lipinski definition) is 0. The smallest absolute Gasteiger partial charge is 0.331 e. The Kier molecular flexibility index (Phi) is 3.59. The normalized spacial score (nSPS) is 18.1. The van der Waals surface area contributed by atoms with Crippen molar-refractivity contribution in [3.8, 4) is 0 Å². The topological polar surface area (TPSA) is 20.3 Å². The Morgan fingerprint density at radius 1 is 1.32 bits per heavy atom. The highest BCUT2D eigenvalue weighted by molar-refractivity contribution is 5.82. The summed E-state index contributed by atoms with van der Waals surface area (Å²) in [5, 5.41) is 0. The first-order valence-corrected chi connectivity index (χ1v) is 5.67. The highest BCUT2D eigenvalue weighted by atomic mass is 19.4. The number of rotatable bonds is 1. The fourth-order valence-corrected chi connectivity index (χ4v) is 1.98. The third-order valence-corrected chi connectivity index (χ3v) is 2.85. The van der Waals surface area contributed by atoms with Gasteiger partial charge in [-0.05, 0) is 29.7 Å². The summed E-state index contributed by atoms with van der Waals surface area (Å²) in [6.45, 7) is -0.0195. The Labute approximate surface area is 107 Å². The van der Waals surface area contributed by atoms with Crippen molar-refractivity contribution in [2.75, 3.05) is 13.1 Å². The molecule has 1 aromatic carbocycles. The van der Waals surface area contributed by atoms with E-state index in [0.717, 1.165) is 4.90 Å². The van der Waals surface area contributed by atoms with Gasteiger partial charge < -0.3 is 4.90 Å². The second-order valence-corrected chi connectivity index (χ2v) is 4.33. The lowest BCUT2D eigenvalue weighted by molar-refractivity contribution is -0.184. The van der Waals surface area contributed by atoms with E-state index < -0.39 is 17.9 Å². The SMILES string of the molecule is O=C(N1CC/C(=C/c2cccc(F)c2)C1)C(F)(F)F. The molecule has 1 fully saturated rings. The maximum absolute atomic E-state index is 13.0. The molecule has 2 rings (SSSR count). The summed E-state index contributed by atoms with van der Waals surface area (Å²) >= 11 is 0. The van der Waals surface area contributed by atoms with Crippen molar-refractivity contribution in [2.24, 2.45) is 0 Å². The maximum Gasteiger partial charge on any atom is 0.471 e. The molecule has 1 saturated heterocycles. The van der Waals surface area contributed by atoms with Crippen LogP contribution in [0.25, 0.3) is 6.08 Å². The van der Waals surface area contributed by atoms with Gasteiger partial charge in [0.25, 0.3) is 0 Å². The van der Waals surface area contributed by atoms with Gasteiger partial charge in [-0.2, -0.15) is 13.2 Å². The number of amides is 1. The summed E-state index contributed by atoms with van der Waals surface area (Å²) in [6, 6.07) is 5.76. The first-order chi connectivity index (χ1) is 8.86. The number of alkyl halides is 3. The molecule has 102 valence electrons. The molecular weight excluding hydrogens is 262 g/mol. The van der Waals surface area contributed by atoms with Gasteiger partial charge in [-0.3, -0.25) is 4.79 Å². The lowest BCUT2D eigenvalue weighted by Crippen LogP contribution is -2.39. The van der Waals surface area contributed by atoms with Gasteiger partial charge in [-0.25, -0.2) is 4.39 Å². The highest BCUT2D eigenvalue weighted by Gasteiger charge is 2.43. The monoisotopic (exact) mass is 273 g/mol. The van der Waals surface area contributed by atoms with E-state index in [1.54, 1.807) is 12.1 Å². The van der Waals surface area contributed by atoms with Gasteiger partial charge >= 0.3 is 12.1 Å². The lowest BCUT2D eigenvalue weighted by Gasteiger charge is -2.16. The van der Waals surface area contributed by atoms with E-state index in [0.29, 0.717) is 17.6 Å². The Morgan fingerprint density at radius 2 is 2.05 bits per heavy atom. The van der Waals surface area contributed by atoms with Crippen LogP contribution in [0, 0.1) is 5.82 Å². The number of carbonyl (C=O) groups excluding carboxylic acids is 1. The summed E-state index contributed by atoms with van der Waals surface area (Å²) in [7, 11) is 0. The van der Waals surface area contributed by atoms with Crippen LogP contribution in [-0.2, 0) is 4.79 Å². The fraction of sp³-hybridized carbons (Fsp3) is 0.308. The Bertz CT molecular complexity index is 522. The first kappa shape index (κ1) is 13.6. The van der Waals surface area contributed by atoms with E-state index in [9.17, 15) is 22.4 Å². The van der Waals surface area contributed by atoms with Crippen molar-refractivity contribution in [1.82, 2.24) is 4.90 Å². The molecule has 0 aliphatic carbocycles. The van der Waals surface area contributed by atoms with Gasteiger partial charge in [0.1, 0.15) is 5.82 Å². The summed E-state index contributed by atoms with van der Waals surface area (Å²) in [5.74, 6) is -2.23. The average molecular weight is 273 g/mol. The van der Waals surface area contributed by atoms with Crippen LogP contribution in [0.2, 0.25) is 0 Å². The van der Waals surface area contributed by atoms with Gasteiger partial charge in [0.2, 0.25) is 0 Å². The molecule has 0 bridgehead atoms. The van der Waals surface area contributed by atoms with E-state index in [1.807, 2.05) is 0 Å². The van der Waals surface area contributed by atoms with E-state index in [1.165, 1.54) is 18.2 Å². The predicted octanol–water partition coefficient (Wildman–Crippen LogP) is 3.00. The molecule has 19 heavy (non-hydrogen) atoms. The zero-order valence-corrected chi connectivity index (χ0v) is 9.88. The molecule has 1 aliphatic heterocycles. The molecule has 0 radical (unpaired) electrons. The number of carbonyl (C=O) groups is 1. The third-order valence-electron chi connectivity index (χ3n) is 2.85. The zero-order chi connectivity index (χ0) is 14.0. The number of halogens is 4. The van der Waals surface area contributed by atoms with E-state index in [-0.39, 0.29) is 13.1 Å². The lowest BCUT2D eigenvalue weighted by atomic mass is 10.1. The summed E-state index contributed by atoms with van der Waals surface area (Å²) in [5.41, 5.74) is 1.26. The van der Waals surface area contributed by atoms with Crippen LogP contribution >= 0.6 is 0 Å². The van der Waals surface area contributed by atoms with E-state index in [2.05, 4.69) is 0 Å². The van der Waals surface area contributed by atoms with Crippen LogP contribution in [0.15, 0.2) is 29.8 Å².